The van der Waals surface area contributed by atoms with Crippen LogP contribution in [0.25, 0.3) is 0 Å². The van der Waals surface area contributed by atoms with Crippen LogP contribution in [-0.4, -0.2) is 24.5 Å². The van der Waals surface area contributed by atoms with Crippen molar-refractivity contribution >= 4 is 11.9 Å². The lowest BCUT2D eigenvalue weighted by Crippen LogP contribution is -2.46. The van der Waals surface area contributed by atoms with Crippen LogP contribution in [-0.2, 0) is 14.3 Å². The average molecular weight is 255 g/mol. The second-order valence-electron chi connectivity index (χ2n) is 6.39. The fraction of sp³-hybridized carbons (Fsp3) is 0.857. The quantitative estimate of drug-likeness (QED) is 0.784. The van der Waals surface area contributed by atoms with Gasteiger partial charge in [0, 0.05) is 6.92 Å². The summed E-state index contributed by atoms with van der Waals surface area (Å²) in [6.07, 6.45) is 4.26. The van der Waals surface area contributed by atoms with Crippen molar-refractivity contribution in [3.63, 3.8) is 0 Å². The largest absolute Gasteiger partial charge is 0.464 e. The summed E-state index contributed by atoms with van der Waals surface area (Å²) in [5.41, 5.74) is -0.0495. The monoisotopic (exact) mass is 255 g/mol. The summed E-state index contributed by atoms with van der Waals surface area (Å²) < 4.78 is 5.33. The van der Waals surface area contributed by atoms with Crippen molar-refractivity contribution in [3.8, 4) is 0 Å². The zero-order valence-electron chi connectivity index (χ0n) is 11.9. The van der Waals surface area contributed by atoms with E-state index in [1.54, 1.807) is 0 Å². The molecule has 104 valence electrons. The maximum absolute atomic E-state index is 12.1. The maximum atomic E-state index is 12.1. The van der Waals surface area contributed by atoms with Gasteiger partial charge in [-0.15, -0.1) is 0 Å². The molecule has 18 heavy (non-hydrogen) atoms. The number of carbonyl (C=O) groups excluding carboxylic acids is 2. The normalized spacial score (nSPS) is 18.4. The van der Waals surface area contributed by atoms with Crippen molar-refractivity contribution in [2.24, 2.45) is 11.3 Å². The molecule has 1 amide bonds. The first kappa shape index (κ1) is 15.0. The Morgan fingerprint density at radius 2 is 1.83 bits per heavy atom. The molecule has 1 fully saturated rings. The highest BCUT2D eigenvalue weighted by Gasteiger charge is 2.33. The summed E-state index contributed by atoms with van der Waals surface area (Å²) in [6.45, 7) is 7.88. The molecule has 1 saturated carbocycles. The molecule has 0 bridgehead atoms. The molecule has 1 aliphatic rings. The zero-order valence-corrected chi connectivity index (χ0v) is 11.9. The van der Waals surface area contributed by atoms with Crippen molar-refractivity contribution < 1.29 is 14.3 Å². The Morgan fingerprint density at radius 1 is 1.28 bits per heavy atom. The minimum atomic E-state index is -0.465. The van der Waals surface area contributed by atoms with Gasteiger partial charge in [-0.25, -0.2) is 4.79 Å². The van der Waals surface area contributed by atoms with E-state index < -0.39 is 6.04 Å². The molecule has 0 saturated heterocycles. The molecular formula is C14H25NO3. The van der Waals surface area contributed by atoms with Crippen LogP contribution in [0.1, 0.15) is 53.4 Å². The van der Waals surface area contributed by atoms with E-state index >= 15 is 0 Å². The van der Waals surface area contributed by atoms with Crippen LogP contribution in [0.4, 0.5) is 0 Å². The lowest BCUT2D eigenvalue weighted by molar-refractivity contribution is -0.152. The van der Waals surface area contributed by atoms with Crippen LogP contribution >= 0.6 is 0 Å². The average Bonchev–Trinajstić information content (AvgIpc) is 2.74. The molecule has 4 nitrogen and oxygen atoms in total. The molecule has 1 aliphatic carbocycles. The van der Waals surface area contributed by atoms with E-state index in [1.165, 1.54) is 6.92 Å². The molecule has 0 aliphatic heterocycles. The maximum Gasteiger partial charge on any atom is 0.328 e. The summed E-state index contributed by atoms with van der Waals surface area (Å²) in [5.74, 6) is -0.215. The molecule has 0 aromatic rings. The van der Waals surface area contributed by atoms with Crippen LogP contribution in [0.15, 0.2) is 0 Å². The second-order valence-corrected chi connectivity index (χ2v) is 6.39. The van der Waals surface area contributed by atoms with Gasteiger partial charge < -0.3 is 10.1 Å². The fourth-order valence-corrected chi connectivity index (χ4v) is 2.26. The Morgan fingerprint density at radius 3 is 2.28 bits per heavy atom. The molecule has 0 spiro atoms. The molecule has 1 rings (SSSR count). The van der Waals surface area contributed by atoms with Crippen molar-refractivity contribution in [1.29, 1.82) is 0 Å². The van der Waals surface area contributed by atoms with E-state index in [2.05, 4.69) is 5.32 Å². The molecule has 1 atom stereocenters. The van der Waals surface area contributed by atoms with Gasteiger partial charge in [0.25, 0.3) is 0 Å². The first-order valence-corrected chi connectivity index (χ1v) is 6.73. The summed E-state index contributed by atoms with van der Waals surface area (Å²) in [7, 11) is 0. The van der Waals surface area contributed by atoms with E-state index in [0.29, 0.717) is 6.61 Å². The van der Waals surface area contributed by atoms with Crippen molar-refractivity contribution in [1.82, 2.24) is 5.32 Å². The summed E-state index contributed by atoms with van der Waals surface area (Å²) in [5, 5.41) is 2.74. The van der Waals surface area contributed by atoms with Crippen LogP contribution < -0.4 is 5.32 Å². The number of carbonyl (C=O) groups is 2. The SMILES string of the molecule is CC(=O)NC(C(=O)OCC(C)(C)C)C1CCCC1. The van der Waals surface area contributed by atoms with Crippen molar-refractivity contribution in [3.05, 3.63) is 0 Å². The number of hydrogen-bond donors (Lipinski definition) is 1. The first-order chi connectivity index (χ1) is 8.29. The summed E-state index contributed by atoms with van der Waals surface area (Å²) in [6, 6.07) is -0.465. The van der Waals surface area contributed by atoms with Crippen LogP contribution in [0.2, 0.25) is 0 Å². The Bertz CT molecular complexity index is 301. The molecule has 0 aromatic heterocycles. The Hall–Kier alpha value is -1.06. The summed E-state index contributed by atoms with van der Waals surface area (Å²) >= 11 is 0. The van der Waals surface area contributed by atoms with Crippen LogP contribution in [0.3, 0.4) is 0 Å². The molecule has 1 N–H and O–H groups in total. The standard InChI is InChI=1S/C14H25NO3/c1-10(16)15-12(11-7-5-6-8-11)13(17)18-9-14(2,3)4/h11-12H,5-9H2,1-4H3,(H,15,16). The smallest absolute Gasteiger partial charge is 0.328 e. The third kappa shape index (κ3) is 5.07. The van der Waals surface area contributed by atoms with Gasteiger partial charge >= 0.3 is 5.97 Å². The minimum absolute atomic E-state index is 0.0495. The van der Waals surface area contributed by atoms with Crippen LogP contribution in [0, 0.1) is 11.3 Å². The van der Waals surface area contributed by atoms with E-state index in [4.69, 9.17) is 4.74 Å². The van der Waals surface area contributed by atoms with Gasteiger partial charge in [-0.2, -0.15) is 0 Å². The van der Waals surface area contributed by atoms with Gasteiger partial charge in [0.1, 0.15) is 6.04 Å². The predicted molar refractivity (Wildman–Crippen MR) is 70.0 cm³/mol. The Labute approximate surface area is 109 Å². The molecule has 4 heteroatoms. The summed E-state index contributed by atoms with van der Waals surface area (Å²) in [4.78, 5) is 23.3. The first-order valence-electron chi connectivity index (χ1n) is 6.73. The van der Waals surface area contributed by atoms with Gasteiger partial charge in [0.2, 0.25) is 5.91 Å². The number of rotatable bonds is 4. The topological polar surface area (TPSA) is 55.4 Å². The zero-order chi connectivity index (χ0) is 13.8. The fourth-order valence-electron chi connectivity index (χ4n) is 2.26. The number of amides is 1. The third-order valence-electron chi connectivity index (χ3n) is 3.13. The second kappa shape index (κ2) is 6.21. The van der Waals surface area contributed by atoms with Crippen LogP contribution in [0.5, 0.6) is 0 Å². The highest BCUT2D eigenvalue weighted by molar-refractivity contribution is 5.83. The van der Waals surface area contributed by atoms with Gasteiger partial charge in [0.05, 0.1) is 6.61 Å². The molecule has 0 radical (unpaired) electrons. The van der Waals surface area contributed by atoms with Gasteiger partial charge in [-0.05, 0) is 24.2 Å². The highest BCUT2D eigenvalue weighted by Crippen LogP contribution is 2.28. The predicted octanol–water partition coefficient (Wildman–Crippen LogP) is 2.27. The minimum Gasteiger partial charge on any atom is -0.464 e. The van der Waals surface area contributed by atoms with E-state index in [1.807, 2.05) is 20.8 Å². The van der Waals surface area contributed by atoms with Gasteiger partial charge in [-0.3, -0.25) is 4.79 Å². The molecule has 0 heterocycles. The molecular weight excluding hydrogens is 230 g/mol. The highest BCUT2D eigenvalue weighted by atomic mass is 16.5. The van der Waals surface area contributed by atoms with Crippen molar-refractivity contribution in [2.75, 3.05) is 6.61 Å². The van der Waals surface area contributed by atoms with Gasteiger partial charge in [-0.1, -0.05) is 33.6 Å². The van der Waals surface area contributed by atoms with Crippen molar-refractivity contribution in [2.45, 2.75) is 59.4 Å². The van der Waals surface area contributed by atoms with E-state index in [-0.39, 0.29) is 23.2 Å². The van der Waals surface area contributed by atoms with Gasteiger partial charge in [0.15, 0.2) is 0 Å². The van der Waals surface area contributed by atoms with E-state index in [9.17, 15) is 9.59 Å². The lowest BCUT2D eigenvalue weighted by Gasteiger charge is -2.25. The Kier molecular flexibility index (Phi) is 5.17. The van der Waals surface area contributed by atoms with E-state index in [0.717, 1.165) is 25.7 Å². The Balaban J connectivity index is 2.58. The molecule has 1 unspecified atom stereocenters. The number of esters is 1. The molecule has 0 aromatic carbocycles. The third-order valence-corrected chi connectivity index (χ3v) is 3.13. The number of ether oxygens (including phenoxy) is 1. The number of nitrogens with one attached hydrogen (secondary N) is 1. The lowest BCUT2D eigenvalue weighted by atomic mass is 9.97. The number of hydrogen-bond acceptors (Lipinski definition) is 3.